The number of nitrogens with one attached hydrogen (secondary N) is 1. The number of hydrogen-bond acceptors (Lipinski definition) is 3. The highest BCUT2D eigenvalue weighted by Crippen LogP contribution is 2.28. The first-order valence-electron chi connectivity index (χ1n) is 5.94. The van der Waals surface area contributed by atoms with Crippen LogP contribution in [0.25, 0.3) is 0 Å². The van der Waals surface area contributed by atoms with Gasteiger partial charge >= 0.3 is 0 Å². The van der Waals surface area contributed by atoms with Crippen LogP contribution in [-0.2, 0) is 0 Å². The van der Waals surface area contributed by atoms with Crippen LogP contribution >= 0.6 is 0 Å². The highest BCUT2D eigenvalue weighted by molar-refractivity contribution is 4.90. The lowest BCUT2D eigenvalue weighted by atomic mass is 10.2. The molecule has 3 nitrogen and oxygen atoms in total. The van der Waals surface area contributed by atoms with Gasteiger partial charge < -0.3 is 5.32 Å². The predicted molar refractivity (Wildman–Crippen MR) is 59.6 cm³/mol. The molecule has 0 amide bonds. The standard InChI is InChI=1S/C11H23N3/c1-10-9-14(11-3-4-11)8-7-13(10)6-5-12-2/h10-12H,3-9H2,1-2H3. The van der Waals surface area contributed by atoms with Crippen molar-refractivity contribution >= 4 is 0 Å². The summed E-state index contributed by atoms with van der Waals surface area (Å²) in [5, 5.41) is 3.23. The van der Waals surface area contributed by atoms with Gasteiger partial charge in [0.1, 0.15) is 0 Å². The highest BCUT2D eigenvalue weighted by atomic mass is 15.3. The molecule has 2 aliphatic rings. The molecule has 0 aromatic heterocycles. The molecule has 1 N–H and O–H groups in total. The van der Waals surface area contributed by atoms with Gasteiger partial charge in [-0.3, -0.25) is 9.80 Å². The van der Waals surface area contributed by atoms with Crippen molar-refractivity contribution in [2.75, 3.05) is 39.8 Å². The summed E-state index contributed by atoms with van der Waals surface area (Å²) in [6, 6.07) is 1.70. The largest absolute Gasteiger partial charge is 0.318 e. The number of rotatable bonds is 4. The first kappa shape index (κ1) is 10.4. The number of hydrogen-bond donors (Lipinski definition) is 1. The van der Waals surface area contributed by atoms with Crippen LogP contribution in [0.4, 0.5) is 0 Å². The van der Waals surface area contributed by atoms with Crippen molar-refractivity contribution in [2.24, 2.45) is 0 Å². The van der Waals surface area contributed by atoms with Crippen LogP contribution in [0.1, 0.15) is 19.8 Å². The van der Waals surface area contributed by atoms with E-state index in [0.717, 1.165) is 18.6 Å². The molecule has 1 heterocycles. The predicted octanol–water partition coefficient (Wildman–Crippen LogP) is 0.374. The van der Waals surface area contributed by atoms with Gasteiger partial charge in [0.05, 0.1) is 0 Å². The van der Waals surface area contributed by atoms with E-state index >= 15 is 0 Å². The third-order valence-corrected chi connectivity index (χ3v) is 3.51. The van der Waals surface area contributed by atoms with Crippen LogP contribution in [0.2, 0.25) is 0 Å². The Morgan fingerprint density at radius 1 is 1.29 bits per heavy atom. The van der Waals surface area contributed by atoms with Crippen molar-refractivity contribution in [2.45, 2.75) is 31.8 Å². The van der Waals surface area contributed by atoms with Gasteiger partial charge in [0.15, 0.2) is 0 Å². The van der Waals surface area contributed by atoms with E-state index in [2.05, 4.69) is 22.0 Å². The summed E-state index contributed by atoms with van der Waals surface area (Å²) >= 11 is 0. The first-order valence-corrected chi connectivity index (χ1v) is 5.94. The van der Waals surface area contributed by atoms with E-state index in [-0.39, 0.29) is 0 Å². The van der Waals surface area contributed by atoms with Gasteiger partial charge in [0, 0.05) is 44.8 Å². The first-order chi connectivity index (χ1) is 6.81. The average molecular weight is 197 g/mol. The molecule has 0 aromatic rings. The van der Waals surface area contributed by atoms with E-state index in [1.165, 1.54) is 39.0 Å². The molecule has 1 saturated heterocycles. The Labute approximate surface area is 87.4 Å². The molecule has 1 aliphatic carbocycles. The number of nitrogens with zero attached hydrogens (tertiary/aromatic N) is 2. The quantitative estimate of drug-likeness (QED) is 0.703. The van der Waals surface area contributed by atoms with Gasteiger partial charge in [-0.05, 0) is 26.8 Å². The van der Waals surface area contributed by atoms with Crippen LogP contribution in [-0.4, -0.2) is 61.7 Å². The highest BCUT2D eigenvalue weighted by Gasteiger charge is 2.33. The second kappa shape index (κ2) is 4.60. The monoisotopic (exact) mass is 197 g/mol. The Morgan fingerprint density at radius 3 is 2.64 bits per heavy atom. The lowest BCUT2D eigenvalue weighted by Gasteiger charge is -2.40. The number of likely N-dealkylation sites (N-methyl/N-ethyl adjacent to an activating group) is 1. The second-order valence-electron chi connectivity index (χ2n) is 4.71. The average Bonchev–Trinajstić information content (AvgIpc) is 2.99. The Hall–Kier alpha value is -0.120. The summed E-state index contributed by atoms with van der Waals surface area (Å²) in [6.07, 6.45) is 2.90. The summed E-state index contributed by atoms with van der Waals surface area (Å²) in [6.45, 7) is 8.53. The molecule has 0 radical (unpaired) electrons. The van der Waals surface area contributed by atoms with Gasteiger partial charge in [0.2, 0.25) is 0 Å². The summed E-state index contributed by atoms with van der Waals surface area (Å²) in [4.78, 5) is 5.29. The number of piperazine rings is 1. The zero-order chi connectivity index (χ0) is 9.97. The normalized spacial score (nSPS) is 30.9. The maximum atomic E-state index is 3.23. The molecule has 1 aliphatic heterocycles. The van der Waals surface area contributed by atoms with Gasteiger partial charge in [-0.25, -0.2) is 0 Å². The van der Waals surface area contributed by atoms with Crippen molar-refractivity contribution in [1.29, 1.82) is 0 Å². The van der Waals surface area contributed by atoms with Crippen LogP contribution in [0, 0.1) is 0 Å². The SMILES string of the molecule is CNCCN1CCN(C2CC2)CC1C. The van der Waals surface area contributed by atoms with Crippen LogP contribution in [0.15, 0.2) is 0 Å². The maximum absolute atomic E-state index is 3.23. The molecule has 2 fully saturated rings. The topological polar surface area (TPSA) is 18.5 Å². The molecular formula is C11H23N3. The molecule has 0 bridgehead atoms. The van der Waals surface area contributed by atoms with E-state index in [9.17, 15) is 0 Å². The Bertz CT molecular complexity index is 179. The fourth-order valence-electron chi connectivity index (χ4n) is 2.38. The second-order valence-corrected chi connectivity index (χ2v) is 4.71. The van der Waals surface area contributed by atoms with Crippen molar-refractivity contribution in [3.8, 4) is 0 Å². The minimum absolute atomic E-state index is 0.748. The van der Waals surface area contributed by atoms with Crippen LogP contribution in [0.3, 0.4) is 0 Å². The molecule has 14 heavy (non-hydrogen) atoms. The van der Waals surface area contributed by atoms with E-state index in [4.69, 9.17) is 0 Å². The summed E-state index contributed by atoms with van der Waals surface area (Å²) < 4.78 is 0. The van der Waals surface area contributed by atoms with E-state index in [1.807, 2.05) is 7.05 Å². The fourth-order valence-corrected chi connectivity index (χ4v) is 2.38. The smallest absolute Gasteiger partial charge is 0.0196 e. The minimum Gasteiger partial charge on any atom is -0.318 e. The molecule has 3 heteroatoms. The van der Waals surface area contributed by atoms with E-state index < -0.39 is 0 Å². The van der Waals surface area contributed by atoms with Gasteiger partial charge in [-0.15, -0.1) is 0 Å². The van der Waals surface area contributed by atoms with Gasteiger partial charge in [0.25, 0.3) is 0 Å². The Morgan fingerprint density at radius 2 is 2.07 bits per heavy atom. The van der Waals surface area contributed by atoms with Crippen molar-refractivity contribution in [3.05, 3.63) is 0 Å². The molecule has 2 rings (SSSR count). The lowest BCUT2D eigenvalue weighted by Crippen LogP contribution is -2.53. The van der Waals surface area contributed by atoms with E-state index in [1.54, 1.807) is 0 Å². The van der Waals surface area contributed by atoms with Gasteiger partial charge in [-0.1, -0.05) is 0 Å². The van der Waals surface area contributed by atoms with Crippen molar-refractivity contribution < 1.29 is 0 Å². The van der Waals surface area contributed by atoms with Crippen molar-refractivity contribution in [1.82, 2.24) is 15.1 Å². The molecule has 82 valence electrons. The van der Waals surface area contributed by atoms with E-state index in [0.29, 0.717) is 0 Å². The Balaban J connectivity index is 1.74. The third-order valence-electron chi connectivity index (χ3n) is 3.51. The Kier molecular flexibility index (Phi) is 3.42. The molecule has 1 unspecified atom stereocenters. The molecule has 1 atom stereocenters. The summed E-state index contributed by atoms with van der Waals surface area (Å²) in [5.41, 5.74) is 0. The molecular weight excluding hydrogens is 174 g/mol. The lowest BCUT2D eigenvalue weighted by molar-refractivity contribution is 0.0798. The molecule has 0 spiro atoms. The maximum Gasteiger partial charge on any atom is 0.0196 e. The fraction of sp³-hybridized carbons (Fsp3) is 1.00. The minimum atomic E-state index is 0.748. The van der Waals surface area contributed by atoms with Crippen molar-refractivity contribution in [3.63, 3.8) is 0 Å². The zero-order valence-electron chi connectivity index (χ0n) is 9.50. The zero-order valence-corrected chi connectivity index (χ0v) is 9.50. The van der Waals surface area contributed by atoms with Crippen LogP contribution < -0.4 is 5.32 Å². The third kappa shape index (κ3) is 2.47. The summed E-state index contributed by atoms with van der Waals surface area (Å²) in [7, 11) is 2.03. The molecule has 1 saturated carbocycles. The molecule has 0 aromatic carbocycles. The summed E-state index contributed by atoms with van der Waals surface area (Å²) in [5.74, 6) is 0. The van der Waals surface area contributed by atoms with Crippen LogP contribution in [0.5, 0.6) is 0 Å². The van der Waals surface area contributed by atoms with Gasteiger partial charge in [-0.2, -0.15) is 0 Å².